The summed E-state index contributed by atoms with van der Waals surface area (Å²) in [7, 11) is 1.79. The largest absolute Gasteiger partial charge is 0.439 e. The van der Waals surface area contributed by atoms with Crippen LogP contribution in [0.4, 0.5) is 8.78 Å². The minimum absolute atomic E-state index is 0.257. The third-order valence-electron chi connectivity index (χ3n) is 5.54. The van der Waals surface area contributed by atoms with Crippen LogP contribution in [0.3, 0.4) is 0 Å². The highest BCUT2D eigenvalue weighted by atomic mass is 19.3. The molecule has 0 atom stereocenters. The normalized spacial score (nSPS) is 14.8. The summed E-state index contributed by atoms with van der Waals surface area (Å²) >= 11 is 0. The average Bonchev–Trinajstić information content (AvgIpc) is 3.19. The number of nitrogens with zero attached hydrogens (tertiary/aromatic N) is 4. The van der Waals surface area contributed by atoms with Crippen LogP contribution in [-0.2, 0) is 17.7 Å². The van der Waals surface area contributed by atoms with Crippen molar-refractivity contribution in [2.24, 2.45) is 12.8 Å². The van der Waals surface area contributed by atoms with E-state index in [1.165, 1.54) is 12.1 Å². The Bertz CT molecular complexity index is 1130. The highest BCUT2D eigenvalue weighted by Crippen LogP contribution is 2.36. The summed E-state index contributed by atoms with van der Waals surface area (Å²) in [4.78, 5) is 4.19. The van der Waals surface area contributed by atoms with Crippen molar-refractivity contribution in [2.75, 3.05) is 19.8 Å². The van der Waals surface area contributed by atoms with E-state index in [1.54, 1.807) is 29.9 Å². The second-order valence-corrected chi connectivity index (χ2v) is 7.68. The lowest BCUT2D eigenvalue weighted by molar-refractivity contribution is 0.00563. The first kappa shape index (κ1) is 21.9. The van der Waals surface area contributed by atoms with Crippen molar-refractivity contribution >= 4 is 0 Å². The number of rotatable bonds is 6. The fourth-order valence-corrected chi connectivity index (χ4v) is 3.65. The van der Waals surface area contributed by atoms with Gasteiger partial charge in [-0.1, -0.05) is 0 Å². The number of aromatic nitrogens is 3. The van der Waals surface area contributed by atoms with Crippen LogP contribution >= 0.6 is 0 Å². The first-order valence-electron chi connectivity index (χ1n) is 10.3. The number of alkyl halides is 2. The molecule has 0 radical (unpaired) electrons. The van der Waals surface area contributed by atoms with E-state index in [0.29, 0.717) is 47.6 Å². The van der Waals surface area contributed by atoms with Crippen LogP contribution in [-0.4, -0.2) is 34.5 Å². The molecule has 2 aromatic heterocycles. The van der Waals surface area contributed by atoms with Crippen LogP contribution in [0.1, 0.15) is 35.6 Å². The fraction of sp³-hybridized carbons (Fsp3) is 0.348. The van der Waals surface area contributed by atoms with Gasteiger partial charge in [-0.05, 0) is 43.2 Å². The third-order valence-corrected chi connectivity index (χ3v) is 5.54. The Balaban J connectivity index is 1.66. The predicted molar refractivity (Wildman–Crippen MR) is 113 cm³/mol. The molecule has 32 heavy (non-hydrogen) atoms. The van der Waals surface area contributed by atoms with Crippen molar-refractivity contribution in [1.29, 1.82) is 5.26 Å². The summed E-state index contributed by atoms with van der Waals surface area (Å²) in [6.07, 6.45) is 2.90. The second kappa shape index (κ2) is 9.02. The maximum absolute atomic E-state index is 13.8. The van der Waals surface area contributed by atoms with Crippen LogP contribution < -0.4 is 10.5 Å². The Morgan fingerprint density at radius 3 is 2.69 bits per heavy atom. The zero-order valence-corrected chi connectivity index (χ0v) is 17.6. The van der Waals surface area contributed by atoms with E-state index in [1.807, 2.05) is 6.07 Å². The van der Waals surface area contributed by atoms with E-state index in [4.69, 9.17) is 15.2 Å². The van der Waals surface area contributed by atoms with Crippen LogP contribution in [0.25, 0.3) is 11.3 Å². The first-order valence-corrected chi connectivity index (χ1v) is 10.3. The predicted octanol–water partition coefficient (Wildman–Crippen LogP) is 4.09. The molecule has 4 rings (SSSR count). The number of hydrogen-bond acceptors (Lipinski definition) is 6. The molecule has 0 amide bonds. The number of hydrogen-bond donors (Lipinski definition) is 1. The second-order valence-electron chi connectivity index (χ2n) is 7.68. The number of ether oxygens (including phenoxy) is 2. The zero-order chi connectivity index (χ0) is 22.7. The number of halogens is 2. The molecule has 1 aliphatic heterocycles. The molecule has 0 saturated carbocycles. The Morgan fingerprint density at radius 2 is 2.03 bits per heavy atom. The van der Waals surface area contributed by atoms with E-state index < -0.39 is 12.5 Å². The number of nitrogens with two attached hydrogens (primary N) is 1. The van der Waals surface area contributed by atoms with Gasteiger partial charge in [0.25, 0.3) is 5.92 Å². The summed E-state index contributed by atoms with van der Waals surface area (Å²) in [5, 5.41) is 13.9. The Morgan fingerprint density at radius 1 is 1.25 bits per heavy atom. The maximum atomic E-state index is 13.8. The van der Waals surface area contributed by atoms with Crippen molar-refractivity contribution in [1.82, 2.24) is 14.8 Å². The molecular weight excluding hydrogens is 416 g/mol. The maximum Gasteiger partial charge on any atom is 0.286 e. The van der Waals surface area contributed by atoms with Gasteiger partial charge in [0, 0.05) is 49.6 Å². The molecule has 1 aromatic carbocycles. The highest BCUT2D eigenvalue weighted by Gasteiger charge is 2.30. The average molecular weight is 439 g/mol. The van der Waals surface area contributed by atoms with Crippen LogP contribution in [0.5, 0.6) is 11.6 Å². The van der Waals surface area contributed by atoms with Crippen LogP contribution in [0, 0.1) is 11.3 Å². The quantitative estimate of drug-likeness (QED) is 0.621. The Hall–Kier alpha value is -3.35. The molecule has 0 spiro atoms. The molecule has 9 heteroatoms. The summed E-state index contributed by atoms with van der Waals surface area (Å²) in [5.74, 6) is -1.95. The molecule has 2 N–H and O–H groups in total. The van der Waals surface area contributed by atoms with Gasteiger partial charge in [-0.15, -0.1) is 0 Å². The molecular formula is C23H23F2N5O2. The SMILES string of the molecule is Cn1nc(C2CCOCC2)cc1Oc1cc(C#N)ccc1-c1ccc(C(F)(F)CN)cn1. The smallest absolute Gasteiger partial charge is 0.286 e. The minimum Gasteiger partial charge on any atom is -0.439 e. The van der Waals surface area contributed by atoms with Crippen molar-refractivity contribution in [3.8, 4) is 29.0 Å². The van der Waals surface area contributed by atoms with Gasteiger partial charge in [0.15, 0.2) is 0 Å². The van der Waals surface area contributed by atoms with Crippen molar-refractivity contribution < 1.29 is 18.3 Å². The Kier molecular flexibility index (Phi) is 6.17. The summed E-state index contributed by atoms with van der Waals surface area (Å²) in [6.45, 7) is 0.614. The molecule has 0 unspecified atom stereocenters. The van der Waals surface area contributed by atoms with E-state index in [-0.39, 0.29) is 5.56 Å². The number of aryl methyl sites for hydroxylation is 1. The van der Waals surface area contributed by atoms with Gasteiger partial charge >= 0.3 is 0 Å². The lowest BCUT2D eigenvalue weighted by Crippen LogP contribution is -2.25. The number of benzene rings is 1. The van der Waals surface area contributed by atoms with Gasteiger partial charge in [0.1, 0.15) is 5.75 Å². The first-order chi connectivity index (χ1) is 15.4. The molecule has 0 bridgehead atoms. The summed E-state index contributed by atoms with van der Waals surface area (Å²) < 4.78 is 40.9. The molecule has 1 fully saturated rings. The molecule has 166 valence electrons. The molecule has 0 aliphatic carbocycles. The number of pyridine rings is 1. The van der Waals surface area contributed by atoms with E-state index in [9.17, 15) is 14.0 Å². The fourth-order valence-electron chi connectivity index (χ4n) is 3.65. The van der Waals surface area contributed by atoms with Crippen molar-refractivity contribution in [3.05, 3.63) is 59.4 Å². The van der Waals surface area contributed by atoms with E-state index >= 15 is 0 Å². The molecule has 3 heterocycles. The molecule has 7 nitrogen and oxygen atoms in total. The van der Waals surface area contributed by atoms with Crippen molar-refractivity contribution in [3.63, 3.8) is 0 Å². The highest BCUT2D eigenvalue weighted by molar-refractivity contribution is 5.69. The number of nitriles is 1. The third kappa shape index (κ3) is 4.47. The molecule has 1 saturated heterocycles. The van der Waals surface area contributed by atoms with Gasteiger partial charge in [-0.3, -0.25) is 4.98 Å². The van der Waals surface area contributed by atoms with Gasteiger partial charge in [-0.25, -0.2) is 4.68 Å². The lowest BCUT2D eigenvalue weighted by Gasteiger charge is -2.19. The minimum atomic E-state index is -3.15. The monoisotopic (exact) mass is 439 g/mol. The lowest BCUT2D eigenvalue weighted by atomic mass is 9.97. The van der Waals surface area contributed by atoms with Crippen LogP contribution in [0.15, 0.2) is 42.6 Å². The summed E-state index contributed by atoms with van der Waals surface area (Å²) in [5.41, 5.74) is 7.24. The van der Waals surface area contributed by atoms with Gasteiger partial charge in [0.05, 0.1) is 29.6 Å². The van der Waals surface area contributed by atoms with Crippen LogP contribution in [0.2, 0.25) is 0 Å². The van der Waals surface area contributed by atoms with E-state index in [2.05, 4.69) is 16.2 Å². The zero-order valence-electron chi connectivity index (χ0n) is 17.6. The van der Waals surface area contributed by atoms with Gasteiger partial charge in [0.2, 0.25) is 5.88 Å². The molecule has 1 aliphatic rings. The standard InChI is InChI=1S/C23H23F2N5O2/c1-30-22(11-20(29-30)16-6-8-31-9-7-16)32-21-10-15(12-26)2-4-18(21)19-5-3-17(13-28-19)23(24,25)14-27/h2-5,10-11,13,16H,6-9,14,27H2,1H3. The summed E-state index contributed by atoms with van der Waals surface area (Å²) in [6, 6.07) is 11.7. The van der Waals surface area contributed by atoms with Gasteiger partial charge < -0.3 is 15.2 Å². The van der Waals surface area contributed by atoms with Gasteiger partial charge in [-0.2, -0.15) is 19.1 Å². The van der Waals surface area contributed by atoms with Crippen molar-refractivity contribution in [2.45, 2.75) is 24.7 Å². The topological polar surface area (TPSA) is 99.0 Å². The molecule has 3 aromatic rings. The van der Waals surface area contributed by atoms with E-state index in [0.717, 1.165) is 24.7 Å². The Labute approximate surface area is 184 Å².